The van der Waals surface area contributed by atoms with Crippen LogP contribution in [-0.4, -0.2) is 25.3 Å². The summed E-state index contributed by atoms with van der Waals surface area (Å²) in [4.78, 5) is 10.8. The smallest absolute Gasteiger partial charge is 0.307 e. The van der Waals surface area contributed by atoms with Gasteiger partial charge in [0.25, 0.3) is 0 Å². The van der Waals surface area contributed by atoms with Gasteiger partial charge in [0.1, 0.15) is 11.5 Å². The summed E-state index contributed by atoms with van der Waals surface area (Å²) in [5.74, 6) is 0.493. The monoisotopic (exact) mass is 246 g/mol. The highest BCUT2D eigenvalue weighted by atomic mass is 16.5. The molecule has 0 aromatic heterocycles. The summed E-state index contributed by atoms with van der Waals surface area (Å²) < 4.78 is 10.6. The van der Waals surface area contributed by atoms with Crippen molar-refractivity contribution in [2.75, 3.05) is 14.2 Å². The van der Waals surface area contributed by atoms with Crippen molar-refractivity contribution >= 4 is 16.7 Å². The second kappa shape index (κ2) is 4.96. The third-order valence-corrected chi connectivity index (χ3v) is 2.77. The molecule has 0 spiro atoms. The molecule has 0 saturated carbocycles. The number of hydrogen-bond acceptors (Lipinski definition) is 3. The third kappa shape index (κ3) is 2.22. The molecule has 4 nitrogen and oxygen atoms in total. The molecule has 0 heterocycles. The van der Waals surface area contributed by atoms with Crippen molar-refractivity contribution in [1.29, 1.82) is 0 Å². The van der Waals surface area contributed by atoms with Crippen molar-refractivity contribution in [3.63, 3.8) is 0 Å². The Labute approximate surface area is 105 Å². The molecule has 2 aromatic rings. The first kappa shape index (κ1) is 12.2. The van der Waals surface area contributed by atoms with E-state index < -0.39 is 5.97 Å². The van der Waals surface area contributed by atoms with Gasteiger partial charge >= 0.3 is 5.97 Å². The molecule has 0 unspecified atom stereocenters. The molecule has 4 heteroatoms. The minimum Gasteiger partial charge on any atom is -0.496 e. The van der Waals surface area contributed by atoms with Gasteiger partial charge in [-0.1, -0.05) is 12.1 Å². The molecule has 0 bridgehead atoms. The molecule has 0 aliphatic carbocycles. The summed E-state index contributed by atoms with van der Waals surface area (Å²) in [6.07, 6.45) is -0.0374. The lowest BCUT2D eigenvalue weighted by molar-refractivity contribution is -0.136. The van der Waals surface area contributed by atoms with E-state index in [1.807, 2.05) is 24.3 Å². The van der Waals surface area contributed by atoms with E-state index in [1.165, 1.54) is 0 Å². The summed E-state index contributed by atoms with van der Waals surface area (Å²) in [5.41, 5.74) is 0.691. The molecule has 1 N–H and O–H groups in total. The first-order chi connectivity index (χ1) is 8.65. The van der Waals surface area contributed by atoms with Crippen LogP contribution in [0.15, 0.2) is 30.3 Å². The maximum atomic E-state index is 10.8. The maximum Gasteiger partial charge on any atom is 0.307 e. The average Bonchev–Trinajstić information content (AvgIpc) is 2.36. The lowest BCUT2D eigenvalue weighted by Gasteiger charge is -2.11. The van der Waals surface area contributed by atoms with Gasteiger partial charge in [-0.3, -0.25) is 4.79 Å². The van der Waals surface area contributed by atoms with Gasteiger partial charge in [0.2, 0.25) is 0 Å². The first-order valence-electron chi connectivity index (χ1n) is 5.51. The Kier molecular flexibility index (Phi) is 3.37. The van der Waals surface area contributed by atoms with Gasteiger partial charge in [-0.05, 0) is 23.8 Å². The predicted octanol–water partition coefficient (Wildman–Crippen LogP) is 2.48. The van der Waals surface area contributed by atoms with Crippen LogP contribution in [0.2, 0.25) is 0 Å². The van der Waals surface area contributed by atoms with Gasteiger partial charge in [0.05, 0.1) is 20.6 Å². The van der Waals surface area contributed by atoms with E-state index in [2.05, 4.69) is 0 Å². The number of aliphatic carboxylic acids is 1. The zero-order valence-corrected chi connectivity index (χ0v) is 10.3. The van der Waals surface area contributed by atoms with Crippen LogP contribution >= 0.6 is 0 Å². The van der Waals surface area contributed by atoms with Crippen molar-refractivity contribution in [3.8, 4) is 11.5 Å². The van der Waals surface area contributed by atoms with Crippen LogP contribution in [0.3, 0.4) is 0 Å². The molecule has 94 valence electrons. The lowest BCUT2D eigenvalue weighted by Crippen LogP contribution is -2.01. The number of carboxylic acid groups (broad SMARTS) is 1. The van der Waals surface area contributed by atoms with E-state index in [-0.39, 0.29) is 6.42 Å². The summed E-state index contributed by atoms with van der Waals surface area (Å²) in [5, 5.41) is 10.6. The van der Waals surface area contributed by atoms with E-state index in [0.29, 0.717) is 17.1 Å². The molecule has 0 atom stereocenters. The number of carboxylic acids is 1. The lowest BCUT2D eigenvalue weighted by atomic mass is 10.0. The molecule has 0 saturated heterocycles. The van der Waals surface area contributed by atoms with Crippen molar-refractivity contribution in [2.45, 2.75) is 6.42 Å². The summed E-state index contributed by atoms with van der Waals surface area (Å²) >= 11 is 0. The number of hydrogen-bond donors (Lipinski definition) is 1. The molecule has 0 amide bonds. The number of benzene rings is 2. The standard InChI is InChI=1S/C14H14O4/c1-17-12-5-3-4-10-11(12)6-9(8-14(15)16)7-13(10)18-2/h3-7H,8H2,1-2H3,(H,15,16). The van der Waals surface area contributed by atoms with Crippen LogP contribution in [0.25, 0.3) is 10.8 Å². The van der Waals surface area contributed by atoms with Crippen LogP contribution in [0.4, 0.5) is 0 Å². The Balaban J connectivity index is 2.67. The minimum atomic E-state index is -0.869. The van der Waals surface area contributed by atoms with E-state index in [9.17, 15) is 4.79 Å². The molecule has 2 rings (SSSR count). The quantitative estimate of drug-likeness (QED) is 0.900. The van der Waals surface area contributed by atoms with E-state index in [0.717, 1.165) is 10.8 Å². The van der Waals surface area contributed by atoms with Gasteiger partial charge in [-0.25, -0.2) is 0 Å². The zero-order chi connectivity index (χ0) is 13.1. The SMILES string of the molecule is COc1cc(CC(=O)O)cc2c(OC)cccc12. The van der Waals surface area contributed by atoms with Gasteiger partial charge in [0, 0.05) is 10.8 Å². The molecule has 0 fully saturated rings. The second-order valence-electron chi connectivity index (χ2n) is 3.92. The Morgan fingerprint density at radius 3 is 2.44 bits per heavy atom. The Hall–Kier alpha value is -2.23. The van der Waals surface area contributed by atoms with Crippen LogP contribution < -0.4 is 9.47 Å². The Morgan fingerprint density at radius 1 is 1.11 bits per heavy atom. The van der Waals surface area contributed by atoms with E-state index >= 15 is 0 Å². The zero-order valence-electron chi connectivity index (χ0n) is 10.3. The van der Waals surface area contributed by atoms with Gasteiger partial charge in [-0.2, -0.15) is 0 Å². The molecule has 18 heavy (non-hydrogen) atoms. The van der Waals surface area contributed by atoms with Crippen molar-refractivity contribution in [3.05, 3.63) is 35.9 Å². The van der Waals surface area contributed by atoms with Crippen molar-refractivity contribution in [2.24, 2.45) is 0 Å². The number of methoxy groups -OCH3 is 2. The summed E-state index contributed by atoms with van der Waals surface area (Å²) in [7, 11) is 3.16. The number of ether oxygens (including phenoxy) is 2. The Morgan fingerprint density at radius 2 is 1.83 bits per heavy atom. The molecular weight excluding hydrogens is 232 g/mol. The topological polar surface area (TPSA) is 55.8 Å². The maximum absolute atomic E-state index is 10.8. The van der Waals surface area contributed by atoms with Gasteiger partial charge in [-0.15, -0.1) is 0 Å². The van der Waals surface area contributed by atoms with Crippen LogP contribution in [-0.2, 0) is 11.2 Å². The minimum absolute atomic E-state index is 0.0374. The molecule has 0 aliphatic heterocycles. The highest BCUT2D eigenvalue weighted by Crippen LogP contribution is 2.33. The normalized spacial score (nSPS) is 10.3. The summed E-state index contributed by atoms with van der Waals surface area (Å²) in [6.45, 7) is 0. The summed E-state index contributed by atoms with van der Waals surface area (Å²) in [6, 6.07) is 9.20. The van der Waals surface area contributed by atoms with Gasteiger partial charge in [0.15, 0.2) is 0 Å². The fourth-order valence-corrected chi connectivity index (χ4v) is 2.00. The van der Waals surface area contributed by atoms with Crippen LogP contribution in [0.1, 0.15) is 5.56 Å². The molecule has 0 radical (unpaired) electrons. The predicted molar refractivity (Wildman–Crippen MR) is 68.4 cm³/mol. The Bertz CT molecular complexity index is 590. The fourth-order valence-electron chi connectivity index (χ4n) is 2.00. The number of fused-ring (bicyclic) bond motifs is 1. The average molecular weight is 246 g/mol. The fraction of sp³-hybridized carbons (Fsp3) is 0.214. The van der Waals surface area contributed by atoms with Crippen molar-refractivity contribution in [1.82, 2.24) is 0 Å². The molecular formula is C14H14O4. The van der Waals surface area contributed by atoms with Crippen molar-refractivity contribution < 1.29 is 19.4 Å². The van der Waals surface area contributed by atoms with Crippen LogP contribution in [0, 0.1) is 0 Å². The van der Waals surface area contributed by atoms with E-state index in [1.54, 1.807) is 20.3 Å². The number of carbonyl (C=O) groups is 1. The molecule has 2 aromatic carbocycles. The first-order valence-corrected chi connectivity index (χ1v) is 5.51. The van der Waals surface area contributed by atoms with E-state index in [4.69, 9.17) is 14.6 Å². The van der Waals surface area contributed by atoms with Crippen LogP contribution in [0.5, 0.6) is 11.5 Å². The largest absolute Gasteiger partial charge is 0.496 e. The highest BCUT2D eigenvalue weighted by molar-refractivity contribution is 5.94. The number of rotatable bonds is 4. The molecule has 0 aliphatic rings. The highest BCUT2D eigenvalue weighted by Gasteiger charge is 2.10. The van der Waals surface area contributed by atoms with Gasteiger partial charge < -0.3 is 14.6 Å². The second-order valence-corrected chi connectivity index (χ2v) is 3.92. The third-order valence-electron chi connectivity index (χ3n) is 2.77.